The van der Waals surface area contributed by atoms with Crippen LogP contribution in [-0.4, -0.2) is 30.4 Å². The van der Waals surface area contributed by atoms with Crippen LogP contribution in [-0.2, 0) is 20.8 Å². The maximum atomic E-state index is 12.0. The van der Waals surface area contributed by atoms with Crippen LogP contribution in [0.1, 0.15) is 19.4 Å². The first-order valence-electron chi connectivity index (χ1n) is 6.45. The molecule has 0 aromatic heterocycles. The Morgan fingerprint density at radius 3 is 2.50 bits per heavy atom. The maximum Gasteiger partial charge on any atom is 0.246 e. The van der Waals surface area contributed by atoms with Crippen molar-refractivity contribution in [3.8, 4) is 0 Å². The minimum absolute atomic E-state index is 0.138. The summed E-state index contributed by atoms with van der Waals surface area (Å²) in [5.74, 6) is -0.572. The number of benzene rings is 1. The van der Waals surface area contributed by atoms with Gasteiger partial charge in [0, 0.05) is 0 Å². The second kappa shape index (κ2) is 8.02. The van der Waals surface area contributed by atoms with E-state index in [4.69, 9.17) is 0 Å². The van der Waals surface area contributed by atoms with Gasteiger partial charge in [-0.2, -0.15) is 4.99 Å². The van der Waals surface area contributed by atoms with Gasteiger partial charge in [-0.15, -0.1) is 0 Å². The van der Waals surface area contributed by atoms with E-state index in [0.29, 0.717) is 12.7 Å². The average Bonchev–Trinajstić information content (AvgIpc) is 2.44. The molecule has 1 rings (SSSR count). The zero-order valence-electron chi connectivity index (χ0n) is 11.6. The van der Waals surface area contributed by atoms with Gasteiger partial charge in [0.25, 0.3) is 0 Å². The van der Waals surface area contributed by atoms with Crippen LogP contribution < -0.4 is 5.32 Å². The molecule has 1 amide bonds. The Hall–Kier alpha value is -2.26. The first-order valence-corrected chi connectivity index (χ1v) is 6.45. The number of amides is 1. The zero-order valence-corrected chi connectivity index (χ0v) is 11.6. The van der Waals surface area contributed by atoms with E-state index in [1.165, 1.54) is 6.08 Å². The maximum absolute atomic E-state index is 12.0. The molecule has 2 atom stereocenters. The van der Waals surface area contributed by atoms with Gasteiger partial charge in [0.1, 0.15) is 12.3 Å². The highest BCUT2D eigenvalue weighted by Crippen LogP contribution is 2.07. The summed E-state index contributed by atoms with van der Waals surface area (Å²) in [6.07, 6.45) is 2.49. The van der Waals surface area contributed by atoms with Crippen molar-refractivity contribution in [2.75, 3.05) is 0 Å². The number of hydrogen-bond donors (Lipinski definition) is 1. The predicted octanol–water partition coefficient (Wildman–Crippen LogP) is 1.27. The molecule has 0 radical (unpaired) electrons. The summed E-state index contributed by atoms with van der Waals surface area (Å²) in [5.41, 5.74) is 0.949. The second-order valence-electron chi connectivity index (χ2n) is 4.85. The molecule has 106 valence electrons. The molecule has 1 aromatic rings. The second-order valence-corrected chi connectivity index (χ2v) is 4.85. The fourth-order valence-corrected chi connectivity index (χ4v) is 1.84. The Morgan fingerprint density at radius 1 is 1.35 bits per heavy atom. The van der Waals surface area contributed by atoms with Crippen molar-refractivity contribution in [2.24, 2.45) is 10.9 Å². The molecule has 0 aliphatic heterocycles. The van der Waals surface area contributed by atoms with Crippen molar-refractivity contribution in [3.05, 3.63) is 35.9 Å². The summed E-state index contributed by atoms with van der Waals surface area (Å²) in [7, 11) is 0. The van der Waals surface area contributed by atoms with Crippen LogP contribution in [0.4, 0.5) is 0 Å². The van der Waals surface area contributed by atoms with Crippen molar-refractivity contribution in [3.63, 3.8) is 0 Å². The smallest absolute Gasteiger partial charge is 0.246 e. The van der Waals surface area contributed by atoms with Crippen LogP contribution in [0.15, 0.2) is 35.3 Å². The Kier molecular flexibility index (Phi) is 6.33. The molecule has 0 bridgehead atoms. The van der Waals surface area contributed by atoms with Gasteiger partial charge in [0.05, 0.1) is 6.04 Å². The standard InChI is InChI=1S/C15H18N2O3/c1-11(2)14(16-10-19)15(20)17-13(9-18)8-12-6-4-3-5-7-12/h3-7,9,11,13-14H,8H2,1-2H3,(H,17,20)/t13-,14-/m0/s1. The summed E-state index contributed by atoms with van der Waals surface area (Å²) in [5, 5.41) is 2.60. The van der Waals surface area contributed by atoms with Crippen molar-refractivity contribution in [2.45, 2.75) is 32.4 Å². The molecule has 1 aromatic carbocycles. The highest BCUT2D eigenvalue weighted by Gasteiger charge is 2.23. The van der Waals surface area contributed by atoms with Gasteiger partial charge in [-0.05, 0) is 17.9 Å². The number of aldehydes is 1. The van der Waals surface area contributed by atoms with Crippen LogP contribution in [0, 0.1) is 5.92 Å². The molecule has 0 aliphatic rings. The van der Waals surface area contributed by atoms with Gasteiger partial charge in [-0.1, -0.05) is 44.2 Å². The van der Waals surface area contributed by atoms with Gasteiger partial charge in [0.2, 0.25) is 12.0 Å². The molecule has 5 nitrogen and oxygen atoms in total. The fourth-order valence-electron chi connectivity index (χ4n) is 1.84. The van der Waals surface area contributed by atoms with Crippen LogP contribution >= 0.6 is 0 Å². The summed E-state index contributed by atoms with van der Waals surface area (Å²) >= 11 is 0. The molecule has 0 fully saturated rings. The number of hydrogen-bond acceptors (Lipinski definition) is 4. The quantitative estimate of drug-likeness (QED) is 0.462. The summed E-state index contributed by atoms with van der Waals surface area (Å²) in [6, 6.07) is 7.93. The van der Waals surface area contributed by atoms with Crippen LogP contribution in [0.2, 0.25) is 0 Å². The Balaban J connectivity index is 2.70. The lowest BCUT2D eigenvalue weighted by Crippen LogP contribution is -2.44. The number of nitrogens with one attached hydrogen (secondary N) is 1. The van der Waals surface area contributed by atoms with Crippen LogP contribution in [0.25, 0.3) is 0 Å². The molecule has 5 heteroatoms. The molecule has 1 N–H and O–H groups in total. The fraction of sp³-hybridized carbons (Fsp3) is 0.400. The number of carbonyl (C=O) groups is 2. The normalized spacial score (nSPS) is 13.2. The van der Waals surface area contributed by atoms with Crippen LogP contribution in [0.5, 0.6) is 0 Å². The third-order valence-corrected chi connectivity index (χ3v) is 2.88. The van der Waals surface area contributed by atoms with Gasteiger partial charge < -0.3 is 10.1 Å². The third kappa shape index (κ3) is 4.78. The van der Waals surface area contributed by atoms with Crippen LogP contribution in [0.3, 0.4) is 0 Å². The molecule has 0 spiro atoms. The number of isocyanates is 1. The topological polar surface area (TPSA) is 75.6 Å². The average molecular weight is 274 g/mol. The van der Waals surface area contributed by atoms with Gasteiger partial charge in [0.15, 0.2) is 0 Å². The third-order valence-electron chi connectivity index (χ3n) is 2.88. The van der Waals surface area contributed by atoms with E-state index in [-0.39, 0.29) is 5.92 Å². The van der Waals surface area contributed by atoms with E-state index in [0.717, 1.165) is 5.56 Å². The molecule has 0 unspecified atom stereocenters. The minimum atomic E-state index is -0.814. The van der Waals surface area contributed by atoms with Crippen molar-refractivity contribution in [1.82, 2.24) is 5.32 Å². The van der Waals surface area contributed by atoms with E-state index in [1.54, 1.807) is 13.8 Å². The van der Waals surface area contributed by atoms with Gasteiger partial charge >= 0.3 is 0 Å². The minimum Gasteiger partial charge on any atom is -0.344 e. The van der Waals surface area contributed by atoms with E-state index < -0.39 is 18.0 Å². The Morgan fingerprint density at radius 2 is 2.00 bits per heavy atom. The van der Waals surface area contributed by atoms with E-state index in [2.05, 4.69) is 10.3 Å². The summed E-state index contributed by atoms with van der Waals surface area (Å²) < 4.78 is 0. The number of rotatable bonds is 7. The molecule has 20 heavy (non-hydrogen) atoms. The Labute approximate surface area is 118 Å². The molecule has 0 saturated carbocycles. The molecular formula is C15H18N2O3. The molecule has 0 saturated heterocycles. The summed E-state index contributed by atoms with van der Waals surface area (Å²) in [6.45, 7) is 3.55. The lowest BCUT2D eigenvalue weighted by molar-refractivity contribution is -0.125. The monoisotopic (exact) mass is 274 g/mol. The van der Waals surface area contributed by atoms with Gasteiger partial charge in [-0.3, -0.25) is 4.79 Å². The van der Waals surface area contributed by atoms with Crippen molar-refractivity contribution >= 4 is 18.3 Å². The van der Waals surface area contributed by atoms with Crippen molar-refractivity contribution in [1.29, 1.82) is 0 Å². The molecular weight excluding hydrogens is 256 g/mol. The lowest BCUT2D eigenvalue weighted by atomic mass is 10.0. The molecule has 0 heterocycles. The number of carbonyl (C=O) groups excluding carboxylic acids is 3. The number of aliphatic imine (C=N–C) groups is 1. The predicted molar refractivity (Wildman–Crippen MR) is 74.9 cm³/mol. The van der Waals surface area contributed by atoms with Gasteiger partial charge in [-0.25, -0.2) is 4.79 Å². The zero-order chi connectivity index (χ0) is 15.0. The van der Waals surface area contributed by atoms with E-state index in [9.17, 15) is 14.4 Å². The largest absolute Gasteiger partial charge is 0.344 e. The number of nitrogens with zero attached hydrogens (tertiary/aromatic N) is 1. The Bertz CT molecular complexity index is 493. The van der Waals surface area contributed by atoms with Crippen molar-refractivity contribution < 1.29 is 14.4 Å². The van der Waals surface area contributed by atoms with E-state index >= 15 is 0 Å². The molecule has 0 aliphatic carbocycles. The first-order chi connectivity index (χ1) is 9.58. The SMILES string of the molecule is CC(C)[C@H](N=C=O)C(=O)N[C@H](C=O)Cc1ccccc1. The highest BCUT2D eigenvalue weighted by molar-refractivity contribution is 5.85. The highest BCUT2D eigenvalue weighted by atomic mass is 16.2. The first kappa shape index (κ1) is 15.8. The van der Waals surface area contributed by atoms with E-state index in [1.807, 2.05) is 30.3 Å². The summed E-state index contributed by atoms with van der Waals surface area (Å²) in [4.78, 5) is 36.9. The lowest BCUT2D eigenvalue weighted by Gasteiger charge is -2.18.